The molecule has 0 amide bonds. The summed E-state index contributed by atoms with van der Waals surface area (Å²) in [4.78, 5) is 0. The summed E-state index contributed by atoms with van der Waals surface area (Å²) in [6.45, 7) is 9.76. The summed E-state index contributed by atoms with van der Waals surface area (Å²) in [5.74, 6) is 0. The van der Waals surface area contributed by atoms with Crippen molar-refractivity contribution in [2.45, 2.75) is 40.5 Å². The SMILES string of the molecule is CCO[Si](OCC)(c1c(CC)cc2c(-c3ccc(Cl)c4ccccc34)ccccc1-2)c1c(CC)cc2c(-c3ccc(Cl)c4ccccc34)ccccc1-2. The Hall–Kier alpha value is -4.48. The minimum absolute atomic E-state index is 0.527. The van der Waals surface area contributed by atoms with E-state index in [1.54, 1.807) is 0 Å². The lowest BCUT2D eigenvalue weighted by atomic mass is 9.95. The van der Waals surface area contributed by atoms with Crippen LogP contribution in [0.4, 0.5) is 0 Å². The van der Waals surface area contributed by atoms with Crippen LogP contribution in [0.2, 0.25) is 10.0 Å². The van der Waals surface area contributed by atoms with Gasteiger partial charge in [0, 0.05) is 44.4 Å². The molecule has 0 atom stereocenters. The third-order valence-electron chi connectivity index (χ3n) is 10.7. The highest BCUT2D eigenvalue weighted by Crippen LogP contribution is 2.43. The standard InChI is InChI=1S/C48H42Cl2O2Si/c1-5-31-29-43-35(37-25-27-45(49)39-21-13-9-17-33(37)39)19-11-15-23-41(43)47(31)53(51-7-3,52-8-4)48-32(6-2)30-44-36(20-12-16-24-42(44)48)38-26-28-46(50)40-22-14-10-18-34(38)40/h9-30H,5-8H2,1-4H3. The molecule has 0 aliphatic heterocycles. The Kier molecular flexibility index (Phi) is 9.89. The average Bonchev–Trinajstić information content (AvgIpc) is 3.59. The van der Waals surface area contributed by atoms with Crippen molar-refractivity contribution in [3.8, 4) is 44.5 Å². The van der Waals surface area contributed by atoms with E-state index in [4.69, 9.17) is 32.1 Å². The third kappa shape index (κ3) is 5.87. The Morgan fingerprint density at radius 2 is 0.755 bits per heavy atom. The third-order valence-corrected chi connectivity index (χ3v) is 15.2. The van der Waals surface area contributed by atoms with Crippen molar-refractivity contribution < 1.29 is 8.85 Å². The summed E-state index contributed by atoms with van der Waals surface area (Å²) in [6, 6.07) is 47.6. The second-order valence-corrected chi connectivity index (χ2v) is 17.1. The molecule has 0 spiro atoms. The molecule has 0 N–H and O–H groups in total. The summed E-state index contributed by atoms with van der Waals surface area (Å²) < 4.78 is 14.5. The van der Waals surface area contributed by atoms with Crippen LogP contribution < -0.4 is 10.4 Å². The molecule has 264 valence electrons. The number of hydrogen-bond acceptors (Lipinski definition) is 2. The van der Waals surface area contributed by atoms with Crippen LogP contribution in [0, 0.1) is 0 Å². The van der Waals surface area contributed by atoms with Crippen molar-refractivity contribution in [1.82, 2.24) is 0 Å². The number of halogens is 2. The van der Waals surface area contributed by atoms with Gasteiger partial charge in [0.2, 0.25) is 0 Å². The van der Waals surface area contributed by atoms with Crippen LogP contribution in [0.3, 0.4) is 0 Å². The zero-order chi connectivity index (χ0) is 36.7. The maximum atomic E-state index is 7.27. The van der Waals surface area contributed by atoms with E-state index in [1.807, 2.05) is 12.1 Å². The maximum absolute atomic E-state index is 7.27. The molecule has 4 aliphatic rings. The first kappa shape index (κ1) is 35.5. The predicted molar refractivity (Wildman–Crippen MR) is 229 cm³/mol. The van der Waals surface area contributed by atoms with Gasteiger partial charge in [-0.05, 0) is 105 Å². The zero-order valence-corrected chi connectivity index (χ0v) is 33.1. The second-order valence-electron chi connectivity index (χ2n) is 13.5. The molecular formula is C48H42Cl2O2Si. The lowest BCUT2D eigenvalue weighted by Gasteiger charge is -2.33. The monoisotopic (exact) mass is 748 g/mol. The van der Waals surface area contributed by atoms with E-state index in [9.17, 15) is 0 Å². The molecule has 4 aliphatic carbocycles. The minimum Gasteiger partial charge on any atom is -0.388 e. The maximum Gasteiger partial charge on any atom is 0.408 e. The van der Waals surface area contributed by atoms with Gasteiger partial charge in [0.1, 0.15) is 0 Å². The van der Waals surface area contributed by atoms with E-state index < -0.39 is 8.56 Å². The average molecular weight is 750 g/mol. The molecule has 4 aromatic carbocycles. The summed E-state index contributed by atoms with van der Waals surface area (Å²) in [5.41, 5.74) is 11.9. The van der Waals surface area contributed by atoms with Gasteiger partial charge < -0.3 is 8.85 Å². The fourth-order valence-corrected chi connectivity index (χ4v) is 13.2. The zero-order valence-electron chi connectivity index (χ0n) is 30.6. The van der Waals surface area contributed by atoms with Crippen LogP contribution in [0.1, 0.15) is 38.8 Å². The first-order valence-corrected chi connectivity index (χ1v) is 21.3. The van der Waals surface area contributed by atoms with Crippen LogP contribution in [0.25, 0.3) is 66.1 Å². The van der Waals surface area contributed by atoms with Crippen molar-refractivity contribution in [3.63, 3.8) is 0 Å². The normalized spacial score (nSPS) is 12.0. The first-order chi connectivity index (χ1) is 25.9. The lowest BCUT2D eigenvalue weighted by Crippen LogP contribution is -2.65. The van der Waals surface area contributed by atoms with Crippen molar-refractivity contribution in [2.24, 2.45) is 0 Å². The predicted octanol–water partition coefficient (Wildman–Crippen LogP) is 12.6. The number of aryl methyl sites for hydroxylation is 2. The molecule has 0 fully saturated rings. The van der Waals surface area contributed by atoms with Gasteiger partial charge in [-0.3, -0.25) is 0 Å². The van der Waals surface area contributed by atoms with Gasteiger partial charge in [0.15, 0.2) is 0 Å². The first-order valence-electron chi connectivity index (χ1n) is 18.7. The highest BCUT2D eigenvalue weighted by molar-refractivity contribution is 6.95. The molecule has 4 aromatic rings. The largest absolute Gasteiger partial charge is 0.408 e. The highest BCUT2D eigenvalue weighted by atomic mass is 35.5. The van der Waals surface area contributed by atoms with Gasteiger partial charge in [-0.25, -0.2) is 0 Å². The molecule has 2 nitrogen and oxygen atoms in total. The molecule has 0 unspecified atom stereocenters. The summed E-state index contributed by atoms with van der Waals surface area (Å²) in [5, 5.41) is 8.30. The van der Waals surface area contributed by atoms with Gasteiger partial charge in [-0.2, -0.15) is 0 Å². The molecule has 0 radical (unpaired) electrons. The van der Waals surface area contributed by atoms with Crippen molar-refractivity contribution in [2.75, 3.05) is 13.2 Å². The molecule has 5 heteroatoms. The van der Waals surface area contributed by atoms with Crippen molar-refractivity contribution >= 4 is 63.7 Å². The summed E-state index contributed by atoms with van der Waals surface area (Å²) in [6.07, 6.45) is 1.69. The van der Waals surface area contributed by atoms with Crippen LogP contribution in [0.15, 0.2) is 133 Å². The van der Waals surface area contributed by atoms with E-state index >= 15 is 0 Å². The van der Waals surface area contributed by atoms with E-state index in [0.717, 1.165) is 55.6 Å². The Morgan fingerprint density at radius 1 is 0.396 bits per heavy atom. The van der Waals surface area contributed by atoms with Crippen LogP contribution in [-0.4, -0.2) is 21.8 Å². The highest BCUT2D eigenvalue weighted by Gasteiger charge is 2.50. The van der Waals surface area contributed by atoms with Crippen LogP contribution >= 0.6 is 23.2 Å². The van der Waals surface area contributed by atoms with Crippen molar-refractivity contribution in [3.05, 3.63) is 155 Å². The summed E-state index contributed by atoms with van der Waals surface area (Å²) in [7, 11) is -3.39. The Morgan fingerprint density at radius 3 is 1.13 bits per heavy atom. The smallest absolute Gasteiger partial charge is 0.388 e. The topological polar surface area (TPSA) is 18.5 Å². The van der Waals surface area contributed by atoms with E-state index in [0.29, 0.717) is 13.2 Å². The van der Waals surface area contributed by atoms with Crippen LogP contribution in [0.5, 0.6) is 0 Å². The molecule has 0 aromatic heterocycles. The fourth-order valence-electron chi connectivity index (χ4n) is 8.50. The number of fused-ring (bicyclic) bond motifs is 4. The molecule has 0 saturated carbocycles. The quantitative estimate of drug-likeness (QED) is 0.130. The lowest BCUT2D eigenvalue weighted by molar-refractivity contribution is 0.208. The molecule has 53 heavy (non-hydrogen) atoms. The van der Waals surface area contributed by atoms with Gasteiger partial charge in [0.25, 0.3) is 0 Å². The number of rotatable bonds is 10. The molecule has 0 saturated heterocycles. The Bertz CT molecular complexity index is 2380. The van der Waals surface area contributed by atoms with E-state index in [-0.39, 0.29) is 0 Å². The number of benzene rings is 4. The molecule has 0 heterocycles. The molecular weight excluding hydrogens is 708 g/mol. The van der Waals surface area contributed by atoms with Gasteiger partial charge in [-0.1, -0.05) is 158 Å². The summed E-state index contributed by atoms with van der Waals surface area (Å²) >= 11 is 13.5. The Balaban J connectivity index is 1.41. The minimum atomic E-state index is -3.39. The van der Waals surface area contributed by atoms with E-state index in [1.165, 1.54) is 54.9 Å². The van der Waals surface area contributed by atoms with Gasteiger partial charge in [0.05, 0.1) is 0 Å². The Labute approximate surface area is 323 Å². The van der Waals surface area contributed by atoms with Gasteiger partial charge >= 0.3 is 8.56 Å². The van der Waals surface area contributed by atoms with Gasteiger partial charge in [-0.15, -0.1) is 0 Å². The molecule has 0 bridgehead atoms. The second kappa shape index (κ2) is 14.7. The fraction of sp³-hybridized carbons (Fsp3) is 0.167. The number of hydrogen-bond donors (Lipinski definition) is 0. The van der Waals surface area contributed by atoms with E-state index in [2.05, 4.69) is 149 Å². The van der Waals surface area contributed by atoms with Crippen molar-refractivity contribution in [1.29, 1.82) is 0 Å². The van der Waals surface area contributed by atoms with Crippen LogP contribution in [-0.2, 0) is 21.7 Å². The molecule has 8 rings (SSSR count).